The normalized spacial score (nSPS) is 10.6. The largest absolute Gasteiger partial charge is 0.368 e. The van der Waals surface area contributed by atoms with Crippen molar-refractivity contribution in [3.8, 4) is 0 Å². The highest BCUT2D eigenvalue weighted by Crippen LogP contribution is 2.24. The van der Waals surface area contributed by atoms with Gasteiger partial charge in [0.05, 0.1) is 6.54 Å². The highest BCUT2D eigenvalue weighted by atomic mass is 79.9. The van der Waals surface area contributed by atoms with Crippen LogP contribution in [0.25, 0.3) is 0 Å². The van der Waals surface area contributed by atoms with Gasteiger partial charge in [-0.3, -0.25) is 4.57 Å². The maximum absolute atomic E-state index is 5.65. The molecule has 0 unspecified atom stereocenters. The molecule has 0 saturated carbocycles. The van der Waals surface area contributed by atoms with Crippen LogP contribution in [0.1, 0.15) is 4.88 Å². The van der Waals surface area contributed by atoms with Gasteiger partial charge in [-0.1, -0.05) is 0 Å². The van der Waals surface area contributed by atoms with Crippen molar-refractivity contribution in [3.63, 3.8) is 0 Å². The lowest BCUT2D eigenvalue weighted by Gasteiger charge is -2.01. The zero-order valence-electron chi connectivity index (χ0n) is 7.03. The Morgan fingerprint density at radius 3 is 3.00 bits per heavy atom. The number of aromatic nitrogens is 3. The molecule has 0 aromatic carbocycles. The van der Waals surface area contributed by atoms with E-state index < -0.39 is 0 Å². The number of anilines is 1. The first-order valence-electron chi connectivity index (χ1n) is 3.81. The van der Waals surface area contributed by atoms with Crippen LogP contribution < -0.4 is 5.73 Å². The molecule has 4 nitrogen and oxygen atoms in total. The molecule has 0 saturated heterocycles. The van der Waals surface area contributed by atoms with E-state index in [0.717, 1.165) is 4.47 Å². The molecule has 0 fully saturated rings. The molecule has 0 aliphatic carbocycles. The van der Waals surface area contributed by atoms with Crippen LogP contribution in [0.4, 0.5) is 5.95 Å². The number of hydrogen-bond donors (Lipinski definition) is 2. The van der Waals surface area contributed by atoms with E-state index in [2.05, 4.69) is 26.1 Å². The van der Waals surface area contributed by atoms with E-state index in [1.54, 1.807) is 15.9 Å². The molecule has 0 amide bonds. The highest BCUT2D eigenvalue weighted by molar-refractivity contribution is 9.10. The Bertz CT molecular complexity index is 498. The topological polar surface area (TPSA) is 59.6 Å². The number of nitrogens with zero attached hydrogens (tertiary/aromatic N) is 2. The minimum absolute atomic E-state index is 0.412. The van der Waals surface area contributed by atoms with Crippen LogP contribution in [0.5, 0.6) is 0 Å². The van der Waals surface area contributed by atoms with Crippen LogP contribution in [-0.2, 0) is 6.54 Å². The number of aromatic amines is 1. The third-order valence-electron chi connectivity index (χ3n) is 1.78. The summed E-state index contributed by atoms with van der Waals surface area (Å²) in [7, 11) is 0. The van der Waals surface area contributed by atoms with Crippen LogP contribution in [-0.4, -0.2) is 14.8 Å². The van der Waals surface area contributed by atoms with E-state index in [4.69, 9.17) is 18.0 Å². The SMILES string of the molecule is Nc1n[nH]c(=S)n1Cc1sccc1Br. The van der Waals surface area contributed by atoms with Gasteiger partial charge in [0, 0.05) is 9.35 Å². The summed E-state index contributed by atoms with van der Waals surface area (Å²) in [5, 5.41) is 8.50. The van der Waals surface area contributed by atoms with Crippen molar-refractivity contribution in [2.45, 2.75) is 6.54 Å². The fraction of sp³-hybridized carbons (Fsp3) is 0.143. The predicted octanol–water partition coefficient (Wildman–Crippen LogP) is 2.40. The van der Waals surface area contributed by atoms with Gasteiger partial charge in [0.1, 0.15) is 0 Å². The summed E-state index contributed by atoms with van der Waals surface area (Å²) in [5.41, 5.74) is 5.65. The smallest absolute Gasteiger partial charge is 0.220 e. The standard InChI is InChI=1S/C7H7BrN4S2/c8-4-1-2-14-5(4)3-12-6(9)10-11-7(12)13/h1-2H,3H2,(H2,9,10)(H,11,13). The van der Waals surface area contributed by atoms with Crippen molar-refractivity contribution in [1.82, 2.24) is 14.8 Å². The average molecular weight is 291 g/mol. The fourth-order valence-electron chi connectivity index (χ4n) is 1.06. The van der Waals surface area contributed by atoms with E-state index in [0.29, 0.717) is 17.3 Å². The maximum Gasteiger partial charge on any atom is 0.220 e. The van der Waals surface area contributed by atoms with Gasteiger partial charge in [-0.05, 0) is 39.6 Å². The molecule has 7 heteroatoms. The van der Waals surface area contributed by atoms with E-state index in [9.17, 15) is 0 Å². The summed E-state index contributed by atoms with van der Waals surface area (Å²) in [6.45, 7) is 0.652. The average Bonchev–Trinajstić information content (AvgIpc) is 2.67. The van der Waals surface area contributed by atoms with Crippen LogP contribution in [0, 0.1) is 4.77 Å². The van der Waals surface area contributed by atoms with Crippen molar-refractivity contribution in [3.05, 3.63) is 25.6 Å². The number of thiophene rings is 1. The zero-order chi connectivity index (χ0) is 10.1. The molecule has 0 radical (unpaired) electrons. The van der Waals surface area contributed by atoms with E-state index in [1.807, 2.05) is 11.4 Å². The minimum Gasteiger partial charge on any atom is -0.368 e. The van der Waals surface area contributed by atoms with Crippen molar-refractivity contribution in [1.29, 1.82) is 0 Å². The van der Waals surface area contributed by atoms with Crippen molar-refractivity contribution in [2.75, 3.05) is 5.73 Å². The van der Waals surface area contributed by atoms with E-state index in [-0.39, 0.29) is 0 Å². The number of nitrogen functional groups attached to an aromatic ring is 1. The Hall–Kier alpha value is -0.660. The molecule has 2 rings (SSSR count). The van der Waals surface area contributed by atoms with Crippen molar-refractivity contribution < 1.29 is 0 Å². The predicted molar refractivity (Wildman–Crippen MR) is 62.9 cm³/mol. The van der Waals surface area contributed by atoms with Gasteiger partial charge >= 0.3 is 0 Å². The molecule has 14 heavy (non-hydrogen) atoms. The van der Waals surface area contributed by atoms with E-state index >= 15 is 0 Å². The Morgan fingerprint density at radius 1 is 1.71 bits per heavy atom. The lowest BCUT2D eigenvalue weighted by molar-refractivity contribution is 0.803. The van der Waals surface area contributed by atoms with Gasteiger partial charge in [-0.2, -0.15) is 0 Å². The van der Waals surface area contributed by atoms with Crippen LogP contribution in [0.2, 0.25) is 0 Å². The van der Waals surface area contributed by atoms with Crippen molar-refractivity contribution >= 4 is 45.4 Å². The Balaban J connectivity index is 2.36. The number of nitrogens with one attached hydrogen (secondary N) is 1. The first kappa shape index (κ1) is 9.88. The molecule has 0 aliphatic rings. The van der Waals surface area contributed by atoms with Gasteiger partial charge in [-0.25, -0.2) is 5.10 Å². The van der Waals surface area contributed by atoms with E-state index in [1.165, 1.54) is 4.88 Å². The third-order valence-corrected chi connectivity index (χ3v) is 4.00. The molecule has 3 N–H and O–H groups in total. The first-order valence-corrected chi connectivity index (χ1v) is 5.89. The lowest BCUT2D eigenvalue weighted by atomic mass is 10.4. The second-order valence-corrected chi connectivity index (χ2v) is 4.91. The van der Waals surface area contributed by atoms with Crippen LogP contribution in [0.15, 0.2) is 15.9 Å². The number of H-pyrrole nitrogens is 1. The maximum atomic E-state index is 5.65. The van der Waals surface area contributed by atoms with Gasteiger partial charge in [0.2, 0.25) is 5.95 Å². The molecule has 74 valence electrons. The summed E-state index contributed by atoms with van der Waals surface area (Å²) in [4.78, 5) is 1.18. The van der Waals surface area contributed by atoms with Gasteiger partial charge < -0.3 is 5.73 Å². The summed E-state index contributed by atoms with van der Waals surface area (Å²) in [6, 6.07) is 2.00. The molecule has 0 atom stereocenters. The van der Waals surface area contributed by atoms with Crippen LogP contribution in [0.3, 0.4) is 0 Å². The summed E-state index contributed by atoms with van der Waals surface area (Å²) in [5.74, 6) is 0.412. The Morgan fingerprint density at radius 2 is 2.50 bits per heavy atom. The number of halogens is 1. The third kappa shape index (κ3) is 1.75. The number of hydrogen-bond acceptors (Lipinski definition) is 4. The molecule has 2 aromatic rings. The van der Waals surface area contributed by atoms with Crippen molar-refractivity contribution in [2.24, 2.45) is 0 Å². The zero-order valence-corrected chi connectivity index (χ0v) is 10.2. The molecular formula is C7H7BrN4S2. The number of rotatable bonds is 2. The minimum atomic E-state index is 0.412. The van der Waals surface area contributed by atoms with Gasteiger partial charge in [0.25, 0.3) is 0 Å². The fourth-order valence-corrected chi connectivity index (χ4v) is 2.73. The first-order chi connectivity index (χ1) is 6.68. The summed E-state index contributed by atoms with van der Waals surface area (Å²) >= 11 is 10.2. The summed E-state index contributed by atoms with van der Waals surface area (Å²) in [6.07, 6.45) is 0. The lowest BCUT2D eigenvalue weighted by Crippen LogP contribution is -2.03. The second kappa shape index (κ2) is 3.84. The molecule has 2 heterocycles. The molecule has 0 spiro atoms. The van der Waals surface area contributed by atoms with Gasteiger partial charge in [0.15, 0.2) is 4.77 Å². The molecule has 0 bridgehead atoms. The molecule has 2 aromatic heterocycles. The monoisotopic (exact) mass is 290 g/mol. The number of nitrogens with two attached hydrogens (primary N) is 1. The summed E-state index contributed by atoms with van der Waals surface area (Å²) < 4.78 is 3.37. The Kier molecular flexibility index (Phi) is 2.71. The molecular weight excluding hydrogens is 284 g/mol. The van der Waals surface area contributed by atoms with Gasteiger partial charge in [-0.15, -0.1) is 16.4 Å². The van der Waals surface area contributed by atoms with Crippen LogP contribution >= 0.6 is 39.5 Å². The Labute approximate surface area is 97.9 Å². The highest BCUT2D eigenvalue weighted by Gasteiger charge is 2.06. The quantitative estimate of drug-likeness (QED) is 0.835. The molecule has 0 aliphatic heterocycles. The second-order valence-electron chi connectivity index (χ2n) is 2.66.